The molecule has 0 atom stereocenters. The molecule has 10 heteroatoms. The fourth-order valence-corrected chi connectivity index (χ4v) is 2.88. The van der Waals surface area contributed by atoms with Gasteiger partial charge in [-0.15, -0.1) is 0 Å². The van der Waals surface area contributed by atoms with Crippen LogP contribution in [0.5, 0.6) is 5.75 Å². The van der Waals surface area contributed by atoms with Crippen LogP contribution >= 0.6 is 28.1 Å². The number of anilines is 1. The van der Waals surface area contributed by atoms with E-state index in [1.165, 1.54) is 7.11 Å². The molecule has 0 aliphatic carbocycles. The molecule has 0 aliphatic rings. The molecule has 0 heterocycles. The smallest absolute Gasteiger partial charge is 0.269 e. The van der Waals surface area contributed by atoms with Gasteiger partial charge < -0.3 is 10.1 Å². The highest BCUT2D eigenvalue weighted by Crippen LogP contribution is 2.25. The number of methoxy groups -OCH3 is 1. The maximum atomic E-state index is 12.2. The van der Waals surface area contributed by atoms with Crippen molar-refractivity contribution in [1.82, 2.24) is 16.2 Å². The molecule has 0 bridgehead atoms. The van der Waals surface area contributed by atoms with Gasteiger partial charge in [-0.1, -0.05) is 13.8 Å². The van der Waals surface area contributed by atoms with E-state index in [9.17, 15) is 14.4 Å². The molecule has 0 aliphatic heterocycles. The Kier molecular flexibility index (Phi) is 8.31. The quantitative estimate of drug-likeness (QED) is 0.377. The number of nitrogens with one attached hydrogen (secondary N) is 4. The van der Waals surface area contributed by atoms with Gasteiger partial charge in [0.15, 0.2) is 5.11 Å². The van der Waals surface area contributed by atoms with Crippen LogP contribution in [0.3, 0.4) is 0 Å². The third-order valence-electron chi connectivity index (χ3n) is 3.87. The number of amides is 3. The Morgan fingerprint density at radius 2 is 1.60 bits per heavy atom. The first-order valence-electron chi connectivity index (χ1n) is 8.87. The van der Waals surface area contributed by atoms with E-state index >= 15 is 0 Å². The molecule has 8 nitrogen and oxygen atoms in total. The van der Waals surface area contributed by atoms with Crippen molar-refractivity contribution < 1.29 is 19.1 Å². The minimum atomic E-state index is -0.458. The van der Waals surface area contributed by atoms with Crippen LogP contribution in [0.1, 0.15) is 34.6 Å². The lowest BCUT2D eigenvalue weighted by Crippen LogP contribution is -2.48. The second-order valence-electron chi connectivity index (χ2n) is 6.43. The molecular formula is C20H21BrN4O4S. The number of carbonyl (C=O) groups excluding carboxylic acids is 3. The Labute approximate surface area is 187 Å². The second-order valence-corrected chi connectivity index (χ2v) is 7.70. The Hall–Kier alpha value is -2.98. The number of halogens is 1. The van der Waals surface area contributed by atoms with Gasteiger partial charge >= 0.3 is 0 Å². The largest absolute Gasteiger partial charge is 0.496 e. The van der Waals surface area contributed by atoms with Crippen molar-refractivity contribution in [1.29, 1.82) is 0 Å². The zero-order valence-corrected chi connectivity index (χ0v) is 18.9. The SMILES string of the molecule is COc1ccc(C(=O)NC(=S)NNC(=O)c2ccc(NC(=O)C(C)C)cc2)cc1Br. The van der Waals surface area contributed by atoms with E-state index in [1.54, 1.807) is 56.3 Å². The number of rotatable bonds is 5. The van der Waals surface area contributed by atoms with Crippen LogP contribution in [0.4, 0.5) is 5.69 Å². The van der Waals surface area contributed by atoms with Gasteiger partial charge in [0.05, 0.1) is 11.6 Å². The van der Waals surface area contributed by atoms with E-state index in [0.717, 1.165) is 0 Å². The summed E-state index contributed by atoms with van der Waals surface area (Å²) in [6, 6.07) is 11.2. The summed E-state index contributed by atoms with van der Waals surface area (Å²) in [6.07, 6.45) is 0. The number of thiocarbonyl (C=S) groups is 1. The molecule has 0 aromatic heterocycles. The topological polar surface area (TPSA) is 109 Å². The zero-order chi connectivity index (χ0) is 22.3. The molecule has 30 heavy (non-hydrogen) atoms. The van der Waals surface area contributed by atoms with E-state index in [0.29, 0.717) is 27.0 Å². The number of benzene rings is 2. The number of hydrogen-bond acceptors (Lipinski definition) is 5. The highest BCUT2D eigenvalue weighted by atomic mass is 79.9. The Balaban J connectivity index is 1.86. The van der Waals surface area contributed by atoms with Gasteiger partial charge in [-0.2, -0.15) is 0 Å². The van der Waals surface area contributed by atoms with Crippen LogP contribution in [0.2, 0.25) is 0 Å². The average molecular weight is 493 g/mol. The summed E-state index contributed by atoms with van der Waals surface area (Å²) in [5, 5.41) is 5.14. The fraction of sp³-hybridized carbons (Fsp3) is 0.200. The average Bonchev–Trinajstić information content (AvgIpc) is 2.72. The summed E-state index contributed by atoms with van der Waals surface area (Å²) in [5.41, 5.74) is 6.17. The first kappa shape index (κ1) is 23.3. The summed E-state index contributed by atoms with van der Waals surface area (Å²) in [6.45, 7) is 3.58. The van der Waals surface area contributed by atoms with Crippen molar-refractivity contribution in [3.05, 3.63) is 58.1 Å². The summed E-state index contributed by atoms with van der Waals surface area (Å²) < 4.78 is 5.74. The van der Waals surface area contributed by atoms with E-state index in [2.05, 4.69) is 37.4 Å². The van der Waals surface area contributed by atoms with Gasteiger partial charge in [0.1, 0.15) is 5.75 Å². The number of ether oxygens (including phenoxy) is 1. The summed E-state index contributed by atoms with van der Waals surface area (Å²) >= 11 is 8.34. The molecule has 0 radical (unpaired) electrons. The molecule has 158 valence electrons. The van der Waals surface area contributed by atoms with Crippen LogP contribution in [0.25, 0.3) is 0 Å². The molecule has 0 saturated heterocycles. The predicted molar refractivity (Wildman–Crippen MR) is 121 cm³/mol. The highest BCUT2D eigenvalue weighted by Gasteiger charge is 2.12. The van der Waals surface area contributed by atoms with Crippen LogP contribution < -0.4 is 26.2 Å². The van der Waals surface area contributed by atoms with Gasteiger partial charge in [0, 0.05) is 22.7 Å². The van der Waals surface area contributed by atoms with E-state index < -0.39 is 11.8 Å². The minimum Gasteiger partial charge on any atom is -0.496 e. The van der Waals surface area contributed by atoms with Crippen LogP contribution in [0, 0.1) is 5.92 Å². The molecular weight excluding hydrogens is 472 g/mol. The van der Waals surface area contributed by atoms with Gasteiger partial charge in [-0.3, -0.25) is 30.6 Å². The molecule has 2 aromatic rings. The third-order valence-corrected chi connectivity index (χ3v) is 4.69. The van der Waals surface area contributed by atoms with Gasteiger partial charge in [-0.05, 0) is 70.6 Å². The van der Waals surface area contributed by atoms with E-state index in [-0.39, 0.29) is 16.9 Å². The van der Waals surface area contributed by atoms with Crippen molar-refractivity contribution in [3.8, 4) is 5.75 Å². The minimum absolute atomic E-state index is 0.0684. The van der Waals surface area contributed by atoms with Crippen LogP contribution in [0.15, 0.2) is 46.9 Å². The van der Waals surface area contributed by atoms with Crippen molar-refractivity contribution in [2.75, 3.05) is 12.4 Å². The Morgan fingerprint density at radius 1 is 0.967 bits per heavy atom. The Morgan fingerprint density at radius 3 is 2.17 bits per heavy atom. The summed E-state index contributed by atoms with van der Waals surface area (Å²) in [5.74, 6) is -0.573. The molecule has 2 aromatic carbocycles. The molecule has 0 saturated carbocycles. The third kappa shape index (κ3) is 6.53. The second kappa shape index (κ2) is 10.7. The lowest BCUT2D eigenvalue weighted by Gasteiger charge is -2.12. The molecule has 2 rings (SSSR count). The normalized spacial score (nSPS) is 10.2. The fourth-order valence-electron chi connectivity index (χ4n) is 2.19. The van der Waals surface area contributed by atoms with Crippen molar-refractivity contribution in [2.24, 2.45) is 5.92 Å². The van der Waals surface area contributed by atoms with Gasteiger partial charge in [-0.25, -0.2) is 0 Å². The number of hydrogen-bond donors (Lipinski definition) is 4. The molecule has 0 unspecified atom stereocenters. The van der Waals surface area contributed by atoms with E-state index in [4.69, 9.17) is 17.0 Å². The molecule has 0 spiro atoms. The lowest BCUT2D eigenvalue weighted by atomic mass is 10.1. The first-order chi connectivity index (χ1) is 14.2. The summed E-state index contributed by atoms with van der Waals surface area (Å²) in [7, 11) is 1.52. The van der Waals surface area contributed by atoms with Crippen molar-refractivity contribution >= 4 is 56.7 Å². The van der Waals surface area contributed by atoms with Crippen molar-refractivity contribution in [3.63, 3.8) is 0 Å². The van der Waals surface area contributed by atoms with Crippen LogP contribution in [-0.2, 0) is 4.79 Å². The summed E-state index contributed by atoms with van der Waals surface area (Å²) in [4.78, 5) is 36.1. The molecule has 0 fully saturated rings. The number of carbonyl (C=O) groups is 3. The maximum absolute atomic E-state index is 12.2. The first-order valence-corrected chi connectivity index (χ1v) is 10.1. The number of hydrazine groups is 1. The molecule has 3 amide bonds. The van der Waals surface area contributed by atoms with Gasteiger partial charge in [0.25, 0.3) is 11.8 Å². The highest BCUT2D eigenvalue weighted by molar-refractivity contribution is 9.10. The zero-order valence-electron chi connectivity index (χ0n) is 16.5. The van der Waals surface area contributed by atoms with Crippen molar-refractivity contribution in [2.45, 2.75) is 13.8 Å². The van der Waals surface area contributed by atoms with Crippen LogP contribution in [-0.4, -0.2) is 29.9 Å². The van der Waals surface area contributed by atoms with Gasteiger partial charge in [0.2, 0.25) is 5.91 Å². The standard InChI is InChI=1S/C20H21BrN4O4S/c1-11(2)17(26)22-14-7-4-12(5-8-14)19(28)24-25-20(30)23-18(27)13-6-9-16(29-3)15(21)10-13/h4-11H,1-3H3,(H,22,26)(H,24,28)(H2,23,25,27,30). The molecule has 4 N–H and O–H groups in total. The Bertz CT molecular complexity index is 964. The van der Waals surface area contributed by atoms with E-state index in [1.807, 2.05) is 0 Å². The maximum Gasteiger partial charge on any atom is 0.269 e. The lowest BCUT2D eigenvalue weighted by molar-refractivity contribution is -0.118. The predicted octanol–water partition coefficient (Wildman–Crippen LogP) is 3.00. The monoisotopic (exact) mass is 492 g/mol.